The standard InChI is InChI=1S/C7H7NO2S2/c9-12(10,6-11)8-7-4-2-1-3-5-7/h1-6,8H. The molecule has 0 amide bonds. The molecule has 0 radical (unpaired) electrons. The molecule has 0 spiro atoms. The minimum atomic E-state index is -3.43. The van der Waals surface area contributed by atoms with Gasteiger partial charge in [0.1, 0.15) is 4.70 Å². The van der Waals surface area contributed by atoms with E-state index in [2.05, 4.69) is 16.9 Å². The second kappa shape index (κ2) is 3.64. The molecule has 0 aliphatic heterocycles. The van der Waals surface area contributed by atoms with Crippen molar-refractivity contribution in [2.24, 2.45) is 0 Å². The number of rotatable bonds is 3. The summed E-state index contributed by atoms with van der Waals surface area (Å²) in [6.45, 7) is 0. The summed E-state index contributed by atoms with van der Waals surface area (Å²) in [5.41, 5.74) is 0.513. The number of hydrogen-bond donors (Lipinski definition) is 1. The van der Waals surface area contributed by atoms with Crippen molar-refractivity contribution in [2.45, 2.75) is 0 Å². The fraction of sp³-hybridized carbons (Fsp3) is 0. The summed E-state index contributed by atoms with van der Waals surface area (Å²) in [4.78, 5) is 0. The van der Waals surface area contributed by atoms with Crippen LogP contribution in [0.1, 0.15) is 0 Å². The number of hydrogen-bond acceptors (Lipinski definition) is 3. The molecule has 12 heavy (non-hydrogen) atoms. The maximum atomic E-state index is 10.9. The zero-order valence-electron chi connectivity index (χ0n) is 6.10. The average Bonchev–Trinajstić information content (AvgIpc) is 2.06. The Balaban J connectivity index is 2.85. The molecule has 64 valence electrons. The Kier molecular flexibility index (Phi) is 2.78. The average molecular weight is 201 g/mol. The number of nitrogens with one attached hydrogen (secondary N) is 1. The summed E-state index contributed by atoms with van der Waals surface area (Å²) < 4.78 is 24.8. The van der Waals surface area contributed by atoms with Gasteiger partial charge >= 0.3 is 0 Å². The SMILES string of the molecule is O=S(=O)(C=S)Nc1ccccc1. The minimum Gasteiger partial charge on any atom is -0.279 e. The third kappa shape index (κ3) is 2.60. The summed E-state index contributed by atoms with van der Waals surface area (Å²) in [6.07, 6.45) is 0. The topological polar surface area (TPSA) is 46.2 Å². The lowest BCUT2D eigenvalue weighted by molar-refractivity contribution is 0.613. The fourth-order valence-electron chi connectivity index (χ4n) is 0.695. The molecule has 0 bridgehead atoms. The lowest BCUT2D eigenvalue weighted by atomic mass is 10.3. The molecular formula is C7H7NO2S2. The van der Waals surface area contributed by atoms with Crippen LogP contribution in [-0.2, 0) is 10.0 Å². The largest absolute Gasteiger partial charge is 0.279 e. The zero-order valence-corrected chi connectivity index (χ0v) is 7.73. The molecule has 0 aromatic heterocycles. The first-order valence-electron chi connectivity index (χ1n) is 3.17. The van der Waals surface area contributed by atoms with Crippen molar-refractivity contribution >= 4 is 32.6 Å². The third-order valence-electron chi connectivity index (χ3n) is 1.16. The van der Waals surface area contributed by atoms with E-state index in [1.807, 2.05) is 0 Å². The summed E-state index contributed by atoms with van der Waals surface area (Å²) in [5, 5.41) is 0. The quantitative estimate of drug-likeness (QED) is 0.752. The van der Waals surface area contributed by atoms with Crippen molar-refractivity contribution in [2.75, 3.05) is 4.72 Å². The molecule has 1 rings (SSSR count). The second-order valence-corrected chi connectivity index (χ2v) is 4.17. The summed E-state index contributed by atoms with van der Waals surface area (Å²) in [5.74, 6) is 0. The number of benzene rings is 1. The van der Waals surface area contributed by atoms with Gasteiger partial charge in [0.15, 0.2) is 0 Å². The summed E-state index contributed by atoms with van der Waals surface area (Å²) in [7, 11) is -3.43. The fourth-order valence-corrected chi connectivity index (χ4v) is 1.35. The predicted octanol–water partition coefficient (Wildman–Crippen LogP) is 1.39. The van der Waals surface area contributed by atoms with E-state index in [9.17, 15) is 8.42 Å². The van der Waals surface area contributed by atoms with Crippen molar-refractivity contribution in [1.29, 1.82) is 0 Å². The van der Waals surface area contributed by atoms with Crippen LogP contribution < -0.4 is 4.72 Å². The van der Waals surface area contributed by atoms with Crippen molar-refractivity contribution in [3.05, 3.63) is 30.3 Å². The number of para-hydroxylation sites is 1. The van der Waals surface area contributed by atoms with Gasteiger partial charge in [0.2, 0.25) is 0 Å². The number of thiocarbonyl (C=S) groups is 1. The maximum absolute atomic E-state index is 10.9. The van der Waals surface area contributed by atoms with Crippen LogP contribution in [0, 0.1) is 0 Å². The third-order valence-corrected chi connectivity index (χ3v) is 2.69. The van der Waals surface area contributed by atoms with Crippen molar-refractivity contribution in [1.82, 2.24) is 0 Å². The molecule has 3 nitrogen and oxygen atoms in total. The maximum Gasteiger partial charge on any atom is 0.265 e. The minimum absolute atomic E-state index is 0.513. The molecule has 0 saturated heterocycles. The van der Waals surface area contributed by atoms with Crippen LogP contribution in [0.3, 0.4) is 0 Å². The van der Waals surface area contributed by atoms with Crippen LogP contribution >= 0.6 is 12.2 Å². The Labute approximate surface area is 76.5 Å². The second-order valence-electron chi connectivity index (χ2n) is 2.11. The van der Waals surface area contributed by atoms with E-state index >= 15 is 0 Å². The number of anilines is 1. The van der Waals surface area contributed by atoms with Gasteiger partial charge in [-0.1, -0.05) is 30.4 Å². The molecule has 0 aliphatic carbocycles. The molecule has 5 heteroatoms. The van der Waals surface area contributed by atoms with Gasteiger partial charge < -0.3 is 0 Å². The van der Waals surface area contributed by atoms with Crippen molar-refractivity contribution in [3.8, 4) is 0 Å². The molecular weight excluding hydrogens is 194 g/mol. The van der Waals surface area contributed by atoms with Crippen molar-refractivity contribution < 1.29 is 8.42 Å². The summed E-state index contributed by atoms with van der Waals surface area (Å²) in [6, 6.07) is 8.57. The Hall–Kier alpha value is -0.940. The van der Waals surface area contributed by atoms with E-state index in [-0.39, 0.29) is 0 Å². The molecule has 0 heterocycles. The van der Waals surface area contributed by atoms with E-state index in [1.165, 1.54) is 0 Å². The van der Waals surface area contributed by atoms with Crippen LogP contribution in [0.4, 0.5) is 5.69 Å². The van der Waals surface area contributed by atoms with E-state index in [1.54, 1.807) is 30.3 Å². The van der Waals surface area contributed by atoms with Crippen LogP contribution in [-0.4, -0.2) is 13.1 Å². The summed E-state index contributed by atoms with van der Waals surface area (Å²) >= 11 is 4.31. The van der Waals surface area contributed by atoms with Gasteiger partial charge in [-0.3, -0.25) is 4.72 Å². The first-order valence-corrected chi connectivity index (χ1v) is 5.19. The van der Waals surface area contributed by atoms with Crippen molar-refractivity contribution in [3.63, 3.8) is 0 Å². The highest BCUT2D eigenvalue weighted by atomic mass is 32.2. The van der Waals surface area contributed by atoms with E-state index in [4.69, 9.17) is 0 Å². The highest BCUT2D eigenvalue weighted by Gasteiger charge is 2.03. The van der Waals surface area contributed by atoms with Gasteiger partial charge in [0, 0.05) is 5.69 Å². The molecule has 0 aliphatic rings. The van der Waals surface area contributed by atoms with Gasteiger partial charge in [-0.25, -0.2) is 8.42 Å². The molecule has 0 fully saturated rings. The smallest absolute Gasteiger partial charge is 0.265 e. The zero-order chi connectivity index (χ0) is 9.03. The van der Waals surface area contributed by atoms with Gasteiger partial charge in [0.05, 0.1) is 0 Å². The van der Waals surface area contributed by atoms with Crippen LogP contribution in [0.5, 0.6) is 0 Å². The van der Waals surface area contributed by atoms with Gasteiger partial charge in [-0.2, -0.15) is 0 Å². The molecule has 1 N–H and O–H groups in total. The normalized spacial score (nSPS) is 10.7. The molecule has 0 saturated carbocycles. The molecule has 0 atom stereocenters. The number of sulfonamides is 1. The first-order chi connectivity index (χ1) is 5.64. The Bertz CT molecular complexity index is 358. The highest BCUT2D eigenvalue weighted by molar-refractivity contribution is 8.15. The Morgan fingerprint density at radius 3 is 2.33 bits per heavy atom. The predicted molar refractivity (Wildman–Crippen MR) is 52.6 cm³/mol. The van der Waals surface area contributed by atoms with E-state index in [0.717, 1.165) is 0 Å². The van der Waals surface area contributed by atoms with E-state index in [0.29, 0.717) is 10.4 Å². The molecule has 1 aromatic rings. The molecule has 0 unspecified atom stereocenters. The van der Waals surface area contributed by atoms with Crippen LogP contribution in [0.15, 0.2) is 30.3 Å². The Morgan fingerprint density at radius 2 is 1.83 bits per heavy atom. The lowest BCUT2D eigenvalue weighted by Crippen LogP contribution is -2.11. The first kappa shape index (κ1) is 9.15. The highest BCUT2D eigenvalue weighted by Crippen LogP contribution is 2.06. The molecule has 1 aromatic carbocycles. The van der Waals surface area contributed by atoms with Gasteiger partial charge in [0.25, 0.3) is 10.0 Å². The lowest BCUT2D eigenvalue weighted by Gasteiger charge is -2.01. The Morgan fingerprint density at radius 1 is 1.25 bits per heavy atom. The monoisotopic (exact) mass is 201 g/mol. The van der Waals surface area contributed by atoms with Gasteiger partial charge in [-0.15, -0.1) is 0 Å². The van der Waals surface area contributed by atoms with Gasteiger partial charge in [-0.05, 0) is 12.1 Å². The van der Waals surface area contributed by atoms with Crippen LogP contribution in [0.2, 0.25) is 0 Å². The van der Waals surface area contributed by atoms with E-state index < -0.39 is 10.0 Å². The van der Waals surface area contributed by atoms with Crippen LogP contribution in [0.25, 0.3) is 0 Å².